The number of benzene rings is 2. The van der Waals surface area contributed by atoms with Crippen LogP contribution in [0.25, 0.3) is 0 Å². The van der Waals surface area contributed by atoms with Gasteiger partial charge in [0.15, 0.2) is 0 Å². The molecule has 0 fully saturated rings. The Balaban J connectivity index is 1.88. The Kier molecular flexibility index (Phi) is 4.18. The summed E-state index contributed by atoms with van der Waals surface area (Å²) in [6, 6.07) is 14.8. The molecule has 98 valence electrons. The summed E-state index contributed by atoms with van der Waals surface area (Å²) in [4.78, 5) is 11.8. The standard InChI is InChI=1S/C16H17NO2/c1-12-4-2-6-14(8-12)11-17-16(19)10-13-5-3-7-15(18)9-13/h2-9,18H,10-11H2,1H3,(H,17,19). The van der Waals surface area contributed by atoms with Gasteiger partial charge in [0.2, 0.25) is 5.91 Å². The Morgan fingerprint density at radius 2 is 1.84 bits per heavy atom. The number of nitrogens with one attached hydrogen (secondary N) is 1. The van der Waals surface area contributed by atoms with E-state index in [1.165, 1.54) is 5.56 Å². The van der Waals surface area contributed by atoms with E-state index >= 15 is 0 Å². The molecule has 0 saturated carbocycles. The normalized spacial score (nSPS) is 10.2. The number of phenolic OH excluding ortho intramolecular Hbond substituents is 1. The van der Waals surface area contributed by atoms with Crippen LogP contribution in [0, 0.1) is 6.92 Å². The quantitative estimate of drug-likeness (QED) is 0.882. The van der Waals surface area contributed by atoms with E-state index in [9.17, 15) is 9.90 Å². The Morgan fingerprint density at radius 1 is 1.11 bits per heavy atom. The smallest absolute Gasteiger partial charge is 0.224 e. The number of amides is 1. The van der Waals surface area contributed by atoms with Crippen LogP contribution in [-0.2, 0) is 17.8 Å². The summed E-state index contributed by atoms with van der Waals surface area (Å²) in [6.45, 7) is 2.55. The van der Waals surface area contributed by atoms with E-state index in [2.05, 4.69) is 11.4 Å². The molecule has 1 amide bonds. The second kappa shape index (κ2) is 6.05. The van der Waals surface area contributed by atoms with Crippen LogP contribution in [0.15, 0.2) is 48.5 Å². The van der Waals surface area contributed by atoms with E-state index in [-0.39, 0.29) is 18.1 Å². The van der Waals surface area contributed by atoms with E-state index in [1.54, 1.807) is 18.2 Å². The zero-order valence-electron chi connectivity index (χ0n) is 10.9. The molecule has 0 aliphatic heterocycles. The Labute approximate surface area is 112 Å². The summed E-state index contributed by atoms with van der Waals surface area (Å²) < 4.78 is 0. The summed E-state index contributed by atoms with van der Waals surface area (Å²) in [5.74, 6) is 0.135. The van der Waals surface area contributed by atoms with Gasteiger partial charge >= 0.3 is 0 Å². The van der Waals surface area contributed by atoms with Gasteiger partial charge in [0.05, 0.1) is 6.42 Å². The number of rotatable bonds is 4. The molecular weight excluding hydrogens is 238 g/mol. The van der Waals surface area contributed by atoms with E-state index in [1.807, 2.05) is 31.2 Å². The van der Waals surface area contributed by atoms with Crippen molar-refractivity contribution in [3.63, 3.8) is 0 Å². The molecule has 0 bridgehead atoms. The van der Waals surface area contributed by atoms with Gasteiger partial charge in [-0.1, -0.05) is 42.0 Å². The van der Waals surface area contributed by atoms with Gasteiger partial charge in [-0.2, -0.15) is 0 Å². The average Bonchev–Trinajstić information content (AvgIpc) is 2.36. The lowest BCUT2D eigenvalue weighted by molar-refractivity contribution is -0.120. The molecule has 3 nitrogen and oxygen atoms in total. The van der Waals surface area contributed by atoms with Gasteiger partial charge < -0.3 is 10.4 Å². The van der Waals surface area contributed by atoms with Gasteiger partial charge in [0, 0.05) is 6.54 Å². The maximum atomic E-state index is 11.8. The van der Waals surface area contributed by atoms with Gasteiger partial charge in [-0.3, -0.25) is 4.79 Å². The van der Waals surface area contributed by atoms with Crippen molar-refractivity contribution in [2.24, 2.45) is 0 Å². The predicted molar refractivity (Wildman–Crippen MR) is 74.8 cm³/mol. The van der Waals surface area contributed by atoms with Gasteiger partial charge in [-0.25, -0.2) is 0 Å². The molecule has 0 aromatic heterocycles. The molecule has 3 heteroatoms. The molecule has 0 heterocycles. The highest BCUT2D eigenvalue weighted by molar-refractivity contribution is 5.78. The molecular formula is C16H17NO2. The highest BCUT2D eigenvalue weighted by Gasteiger charge is 2.04. The van der Waals surface area contributed by atoms with Crippen LogP contribution in [0.5, 0.6) is 5.75 Å². The fourth-order valence-electron chi connectivity index (χ4n) is 1.94. The lowest BCUT2D eigenvalue weighted by Crippen LogP contribution is -2.24. The maximum absolute atomic E-state index is 11.8. The number of aromatic hydroxyl groups is 1. The zero-order valence-corrected chi connectivity index (χ0v) is 10.9. The Morgan fingerprint density at radius 3 is 2.58 bits per heavy atom. The number of hydrogen-bond acceptors (Lipinski definition) is 2. The summed E-state index contributed by atoms with van der Waals surface area (Å²) in [6.07, 6.45) is 0.278. The molecule has 2 aromatic rings. The molecule has 0 spiro atoms. The van der Waals surface area contributed by atoms with Gasteiger partial charge in [0.1, 0.15) is 5.75 Å². The van der Waals surface area contributed by atoms with Gasteiger partial charge in [0.25, 0.3) is 0 Å². The second-order valence-corrected chi connectivity index (χ2v) is 4.61. The van der Waals surface area contributed by atoms with Crippen LogP contribution in [0.3, 0.4) is 0 Å². The summed E-state index contributed by atoms with van der Waals surface area (Å²) in [5, 5.41) is 12.2. The third kappa shape index (κ3) is 4.14. The first kappa shape index (κ1) is 13.1. The lowest BCUT2D eigenvalue weighted by atomic mass is 10.1. The molecule has 0 aliphatic rings. The van der Waals surface area contributed by atoms with Crippen LogP contribution in [0.4, 0.5) is 0 Å². The highest BCUT2D eigenvalue weighted by atomic mass is 16.3. The molecule has 0 radical (unpaired) electrons. The van der Waals surface area contributed by atoms with Crippen molar-refractivity contribution in [3.8, 4) is 5.75 Å². The third-order valence-electron chi connectivity index (χ3n) is 2.85. The summed E-state index contributed by atoms with van der Waals surface area (Å²) in [7, 11) is 0. The first-order chi connectivity index (χ1) is 9.13. The SMILES string of the molecule is Cc1cccc(CNC(=O)Cc2cccc(O)c2)c1. The van der Waals surface area contributed by atoms with Crippen LogP contribution >= 0.6 is 0 Å². The van der Waals surface area contributed by atoms with E-state index in [0.29, 0.717) is 6.54 Å². The topological polar surface area (TPSA) is 49.3 Å². The molecule has 0 saturated heterocycles. The van der Waals surface area contributed by atoms with Crippen molar-refractivity contribution >= 4 is 5.91 Å². The average molecular weight is 255 g/mol. The fourth-order valence-corrected chi connectivity index (χ4v) is 1.94. The van der Waals surface area contributed by atoms with Gasteiger partial charge in [-0.15, -0.1) is 0 Å². The third-order valence-corrected chi connectivity index (χ3v) is 2.85. The summed E-state index contributed by atoms with van der Waals surface area (Å²) >= 11 is 0. The van der Waals surface area contributed by atoms with Crippen LogP contribution in [-0.4, -0.2) is 11.0 Å². The number of carbonyl (C=O) groups is 1. The van der Waals surface area contributed by atoms with E-state index in [4.69, 9.17) is 0 Å². The summed E-state index contributed by atoms with van der Waals surface area (Å²) in [5.41, 5.74) is 3.07. The highest BCUT2D eigenvalue weighted by Crippen LogP contribution is 2.11. The van der Waals surface area contributed by atoms with Crippen molar-refractivity contribution < 1.29 is 9.90 Å². The number of aryl methyl sites for hydroxylation is 1. The molecule has 2 rings (SSSR count). The van der Waals surface area contributed by atoms with E-state index in [0.717, 1.165) is 11.1 Å². The maximum Gasteiger partial charge on any atom is 0.224 e. The van der Waals surface area contributed by atoms with Crippen LogP contribution in [0.2, 0.25) is 0 Å². The van der Waals surface area contributed by atoms with Crippen LogP contribution in [0.1, 0.15) is 16.7 Å². The van der Waals surface area contributed by atoms with Gasteiger partial charge in [-0.05, 0) is 30.2 Å². The van der Waals surface area contributed by atoms with Crippen molar-refractivity contribution in [2.75, 3.05) is 0 Å². The Bertz CT molecular complexity index is 578. The van der Waals surface area contributed by atoms with E-state index < -0.39 is 0 Å². The zero-order chi connectivity index (χ0) is 13.7. The first-order valence-corrected chi connectivity index (χ1v) is 6.23. The minimum atomic E-state index is -0.0490. The number of carbonyl (C=O) groups excluding carboxylic acids is 1. The minimum Gasteiger partial charge on any atom is -0.508 e. The number of phenols is 1. The molecule has 0 unspecified atom stereocenters. The van der Waals surface area contributed by atoms with Crippen molar-refractivity contribution in [2.45, 2.75) is 19.9 Å². The number of hydrogen-bond donors (Lipinski definition) is 2. The lowest BCUT2D eigenvalue weighted by Gasteiger charge is -2.06. The molecule has 2 N–H and O–H groups in total. The van der Waals surface area contributed by atoms with Crippen molar-refractivity contribution in [1.29, 1.82) is 0 Å². The Hall–Kier alpha value is -2.29. The largest absolute Gasteiger partial charge is 0.508 e. The minimum absolute atomic E-state index is 0.0490. The fraction of sp³-hybridized carbons (Fsp3) is 0.188. The molecule has 0 aliphatic carbocycles. The predicted octanol–water partition coefficient (Wildman–Crippen LogP) is 2.56. The first-order valence-electron chi connectivity index (χ1n) is 6.23. The molecule has 0 atom stereocenters. The van der Waals surface area contributed by atoms with Crippen molar-refractivity contribution in [3.05, 3.63) is 65.2 Å². The van der Waals surface area contributed by atoms with Crippen molar-refractivity contribution in [1.82, 2.24) is 5.32 Å². The van der Waals surface area contributed by atoms with Crippen LogP contribution < -0.4 is 5.32 Å². The molecule has 19 heavy (non-hydrogen) atoms. The monoisotopic (exact) mass is 255 g/mol. The second-order valence-electron chi connectivity index (χ2n) is 4.61. The molecule has 2 aromatic carbocycles.